The number of nitrogens with zero attached hydrogens (tertiary/aromatic N) is 6. The second kappa shape index (κ2) is 5.79. The number of halogens is 1. The molecule has 3 aromatic rings. The average molecular weight is 379 g/mol. The predicted octanol–water partition coefficient (Wildman–Crippen LogP) is 2.55. The minimum atomic E-state index is -0.413. The quantitative estimate of drug-likeness (QED) is 0.703. The number of fused-ring (bicyclic) bond motifs is 4. The number of pyridine rings is 1. The topological polar surface area (TPSA) is 74.2 Å². The zero-order chi connectivity index (χ0) is 19.6. The number of hydrogen-bond acceptors (Lipinski definition) is 5. The maximum absolute atomic E-state index is 14.5. The van der Waals surface area contributed by atoms with Crippen molar-refractivity contribution >= 4 is 11.2 Å². The second-order valence-electron chi connectivity index (χ2n) is 8.43. The maximum Gasteiger partial charge on any atom is 0.171 e. The first-order valence-electron chi connectivity index (χ1n) is 9.53. The van der Waals surface area contributed by atoms with E-state index in [0.717, 1.165) is 30.9 Å². The molecule has 28 heavy (non-hydrogen) atoms. The summed E-state index contributed by atoms with van der Waals surface area (Å²) in [6, 6.07) is 5.76. The first kappa shape index (κ1) is 17.2. The van der Waals surface area contributed by atoms with Crippen LogP contribution in [0.25, 0.3) is 5.52 Å². The van der Waals surface area contributed by atoms with Gasteiger partial charge in [0.15, 0.2) is 5.82 Å². The zero-order valence-corrected chi connectivity index (χ0v) is 16.2. The Hall–Kier alpha value is -2.92. The molecule has 1 atom stereocenters. The van der Waals surface area contributed by atoms with E-state index in [4.69, 9.17) is 5.10 Å². The Kier molecular flexibility index (Phi) is 3.55. The Balaban J connectivity index is 1.60. The van der Waals surface area contributed by atoms with Crippen molar-refractivity contribution in [1.82, 2.24) is 24.7 Å². The fourth-order valence-corrected chi connectivity index (χ4v) is 4.46. The molecule has 2 aliphatic rings. The highest BCUT2D eigenvalue weighted by Crippen LogP contribution is 2.35. The summed E-state index contributed by atoms with van der Waals surface area (Å²) >= 11 is 0. The monoisotopic (exact) mass is 379 g/mol. The van der Waals surface area contributed by atoms with E-state index < -0.39 is 5.82 Å². The van der Waals surface area contributed by atoms with E-state index in [1.54, 1.807) is 6.07 Å². The highest BCUT2D eigenvalue weighted by atomic mass is 19.1. The van der Waals surface area contributed by atoms with Crippen LogP contribution in [0.3, 0.4) is 0 Å². The maximum atomic E-state index is 14.5. The molecular weight excluding hydrogens is 357 g/mol. The summed E-state index contributed by atoms with van der Waals surface area (Å²) in [5, 5.41) is 21.8. The first-order valence-corrected chi connectivity index (χ1v) is 9.53. The van der Waals surface area contributed by atoms with Gasteiger partial charge in [-0.15, -0.1) is 0 Å². The Morgan fingerprint density at radius 3 is 2.96 bits per heavy atom. The third kappa shape index (κ3) is 2.43. The molecule has 0 amide bonds. The molecule has 8 heteroatoms. The molecule has 0 aromatic carbocycles. The number of hydrogen-bond donors (Lipinski definition) is 1. The molecule has 0 aliphatic carbocycles. The van der Waals surface area contributed by atoms with Crippen molar-refractivity contribution in [3.8, 4) is 6.07 Å². The Morgan fingerprint density at radius 2 is 2.18 bits per heavy atom. The van der Waals surface area contributed by atoms with Crippen LogP contribution in [-0.2, 0) is 19.5 Å². The lowest BCUT2D eigenvalue weighted by Crippen LogP contribution is -2.44. The number of nitrogens with one attached hydrogen (secondary N) is 1. The third-order valence-electron chi connectivity index (χ3n) is 5.85. The lowest BCUT2D eigenvalue weighted by molar-refractivity contribution is 0.358. The van der Waals surface area contributed by atoms with Gasteiger partial charge in [-0.1, -0.05) is 0 Å². The van der Waals surface area contributed by atoms with Crippen LogP contribution >= 0.6 is 0 Å². The zero-order valence-electron chi connectivity index (χ0n) is 16.2. The number of nitriles is 1. The molecule has 144 valence electrons. The number of rotatable bonds is 1. The average Bonchev–Trinajstić information content (AvgIpc) is 3.21. The van der Waals surface area contributed by atoms with Gasteiger partial charge in [-0.2, -0.15) is 15.5 Å². The van der Waals surface area contributed by atoms with E-state index in [1.807, 2.05) is 6.07 Å². The smallest absolute Gasteiger partial charge is 0.171 e. The molecule has 7 nitrogen and oxygen atoms in total. The van der Waals surface area contributed by atoms with E-state index in [0.29, 0.717) is 17.8 Å². The Morgan fingerprint density at radius 1 is 1.36 bits per heavy atom. The van der Waals surface area contributed by atoms with E-state index in [-0.39, 0.29) is 11.6 Å². The summed E-state index contributed by atoms with van der Waals surface area (Å²) in [5.41, 5.74) is 5.07. The van der Waals surface area contributed by atoms with Crippen LogP contribution in [0.5, 0.6) is 0 Å². The number of aromatic nitrogens is 4. The van der Waals surface area contributed by atoms with Crippen LogP contribution in [-0.4, -0.2) is 31.5 Å². The molecule has 2 aliphatic heterocycles. The van der Waals surface area contributed by atoms with E-state index in [2.05, 4.69) is 46.8 Å². The van der Waals surface area contributed by atoms with Gasteiger partial charge in [0.05, 0.1) is 35.9 Å². The highest BCUT2D eigenvalue weighted by Gasteiger charge is 2.34. The minimum absolute atomic E-state index is 0.0421. The molecule has 5 rings (SSSR count). The van der Waals surface area contributed by atoms with Gasteiger partial charge in [0.1, 0.15) is 17.3 Å². The van der Waals surface area contributed by atoms with Gasteiger partial charge in [-0.05, 0) is 32.9 Å². The second-order valence-corrected chi connectivity index (χ2v) is 8.43. The lowest BCUT2D eigenvalue weighted by Gasteiger charge is -2.35. The van der Waals surface area contributed by atoms with Crippen molar-refractivity contribution in [2.75, 3.05) is 11.4 Å². The van der Waals surface area contributed by atoms with Crippen molar-refractivity contribution in [3.05, 3.63) is 46.8 Å². The molecule has 3 aromatic heterocycles. The van der Waals surface area contributed by atoms with Crippen LogP contribution in [0, 0.1) is 17.1 Å². The molecule has 0 unspecified atom stereocenters. The van der Waals surface area contributed by atoms with Gasteiger partial charge in [-0.25, -0.2) is 8.91 Å². The van der Waals surface area contributed by atoms with Crippen LogP contribution in [0.2, 0.25) is 0 Å². The van der Waals surface area contributed by atoms with Crippen molar-refractivity contribution in [2.24, 2.45) is 0 Å². The summed E-state index contributed by atoms with van der Waals surface area (Å²) < 4.78 is 18.0. The van der Waals surface area contributed by atoms with Crippen LogP contribution in [0.4, 0.5) is 10.1 Å². The van der Waals surface area contributed by atoms with E-state index in [1.165, 1.54) is 22.0 Å². The van der Waals surface area contributed by atoms with Crippen molar-refractivity contribution in [2.45, 2.75) is 51.9 Å². The highest BCUT2D eigenvalue weighted by molar-refractivity contribution is 5.75. The largest absolute Gasteiger partial charge is 0.362 e. The lowest BCUT2D eigenvalue weighted by atomic mass is 9.91. The van der Waals surface area contributed by atoms with Crippen molar-refractivity contribution in [1.29, 1.82) is 5.26 Å². The molecule has 0 saturated heterocycles. The molecule has 5 heterocycles. The summed E-state index contributed by atoms with van der Waals surface area (Å²) in [4.78, 5) is 2.17. The van der Waals surface area contributed by atoms with Gasteiger partial charge in [0.25, 0.3) is 0 Å². The van der Waals surface area contributed by atoms with Crippen LogP contribution in [0.15, 0.2) is 18.3 Å². The van der Waals surface area contributed by atoms with Gasteiger partial charge in [-0.3, -0.25) is 4.68 Å². The minimum Gasteiger partial charge on any atom is -0.362 e. The van der Waals surface area contributed by atoms with Gasteiger partial charge in [0.2, 0.25) is 0 Å². The Bertz CT molecular complexity index is 1130. The summed E-state index contributed by atoms with van der Waals surface area (Å²) in [6.45, 7) is 8.69. The van der Waals surface area contributed by atoms with E-state index in [9.17, 15) is 9.65 Å². The van der Waals surface area contributed by atoms with Crippen LogP contribution in [0.1, 0.15) is 49.5 Å². The summed E-state index contributed by atoms with van der Waals surface area (Å²) in [6.07, 6.45) is 2.07. The molecular formula is C20H22FN7. The molecule has 0 fully saturated rings. The summed E-state index contributed by atoms with van der Waals surface area (Å²) in [5.74, 6) is -0.413. The van der Waals surface area contributed by atoms with E-state index >= 15 is 0 Å². The fourth-order valence-electron chi connectivity index (χ4n) is 4.46. The van der Waals surface area contributed by atoms with Crippen molar-refractivity contribution < 1.29 is 4.39 Å². The van der Waals surface area contributed by atoms with Gasteiger partial charge >= 0.3 is 0 Å². The molecule has 0 bridgehead atoms. The van der Waals surface area contributed by atoms with Gasteiger partial charge in [0, 0.05) is 30.6 Å². The molecule has 1 N–H and O–H groups in total. The SMILES string of the molecule is C[C@@H]1CN(c2ccc(C#N)n3ncc(F)c23)Cc2c3c(nn21)CC(C)(C)NC3. The predicted molar refractivity (Wildman–Crippen MR) is 102 cm³/mol. The van der Waals surface area contributed by atoms with Gasteiger partial charge < -0.3 is 10.2 Å². The first-order chi connectivity index (χ1) is 13.4. The molecule has 0 saturated carbocycles. The molecule has 0 radical (unpaired) electrons. The number of anilines is 1. The summed E-state index contributed by atoms with van der Waals surface area (Å²) in [7, 11) is 0. The molecule has 0 spiro atoms. The standard InChI is InChI=1S/C20H22FN7/c1-12-10-26(17-5-4-13(7-22)28-19(17)15(21)9-24-28)11-18-14-8-23-20(2,3)6-16(14)25-27(12)18/h4-5,9,12,23H,6,8,10-11H2,1-3H3/t12-/m1/s1. The normalized spacial score (nSPS) is 20.7. The fraction of sp³-hybridized carbons (Fsp3) is 0.450. The third-order valence-corrected chi connectivity index (χ3v) is 5.85. The Labute approximate surface area is 162 Å². The van der Waals surface area contributed by atoms with Crippen LogP contribution < -0.4 is 10.2 Å². The van der Waals surface area contributed by atoms with Crippen molar-refractivity contribution in [3.63, 3.8) is 0 Å².